The number of rotatable bonds is 4. The number of hydrogen-bond acceptors (Lipinski definition) is 3. The van der Waals surface area contributed by atoms with Crippen molar-refractivity contribution < 1.29 is 4.74 Å². The van der Waals surface area contributed by atoms with E-state index in [1.807, 2.05) is 32.0 Å². The zero-order valence-electron chi connectivity index (χ0n) is 12.3. The Morgan fingerprint density at radius 1 is 1.10 bits per heavy atom. The molecule has 0 radical (unpaired) electrons. The van der Waals surface area contributed by atoms with E-state index in [1.165, 1.54) is 6.07 Å². The molecule has 0 atom stereocenters. The molecule has 0 aromatic carbocycles. The predicted molar refractivity (Wildman–Crippen MR) is 79.6 cm³/mol. The molecule has 0 spiro atoms. The molecule has 0 amide bonds. The summed E-state index contributed by atoms with van der Waals surface area (Å²) in [6.45, 7) is 8.20. The minimum Gasteiger partial charge on any atom is -0.439 e. The number of nitrogens with one attached hydrogen (secondary N) is 1. The zero-order chi connectivity index (χ0) is 14.7. The molecule has 0 aliphatic rings. The summed E-state index contributed by atoms with van der Waals surface area (Å²) in [5, 5.41) is 0. The number of nitrogens with zero attached hydrogens (tertiary/aromatic N) is 1. The molecule has 2 rings (SSSR count). The number of H-pyrrole nitrogens is 1. The summed E-state index contributed by atoms with van der Waals surface area (Å²) in [7, 11) is 0. The topological polar surface area (TPSA) is 55.0 Å². The van der Waals surface area contributed by atoms with Gasteiger partial charge in [0.2, 0.25) is 5.88 Å². The monoisotopic (exact) mass is 272 g/mol. The summed E-state index contributed by atoms with van der Waals surface area (Å²) in [4.78, 5) is 18.9. The maximum absolute atomic E-state index is 11.6. The molecule has 0 unspecified atom stereocenters. The van der Waals surface area contributed by atoms with Gasteiger partial charge >= 0.3 is 0 Å². The third kappa shape index (κ3) is 3.47. The van der Waals surface area contributed by atoms with Crippen LogP contribution in [0, 0.1) is 0 Å². The van der Waals surface area contributed by atoms with Crippen LogP contribution >= 0.6 is 0 Å². The van der Waals surface area contributed by atoms with Gasteiger partial charge < -0.3 is 9.72 Å². The average molecular weight is 272 g/mol. The first-order chi connectivity index (χ1) is 9.45. The second kappa shape index (κ2) is 5.90. The van der Waals surface area contributed by atoms with Crippen LogP contribution in [0.15, 0.2) is 35.1 Å². The molecular weight excluding hydrogens is 252 g/mol. The van der Waals surface area contributed by atoms with E-state index in [0.717, 1.165) is 11.4 Å². The van der Waals surface area contributed by atoms with Crippen LogP contribution in [0.4, 0.5) is 0 Å². The zero-order valence-corrected chi connectivity index (χ0v) is 12.3. The Balaban J connectivity index is 2.30. The van der Waals surface area contributed by atoms with E-state index >= 15 is 0 Å². The molecule has 0 fully saturated rings. The van der Waals surface area contributed by atoms with Crippen LogP contribution in [0.5, 0.6) is 11.6 Å². The quantitative estimate of drug-likeness (QED) is 0.920. The van der Waals surface area contributed by atoms with Gasteiger partial charge in [0.15, 0.2) is 0 Å². The number of ether oxygens (including phenoxy) is 1. The van der Waals surface area contributed by atoms with Gasteiger partial charge in [-0.3, -0.25) is 4.79 Å². The van der Waals surface area contributed by atoms with Crippen molar-refractivity contribution in [3.63, 3.8) is 0 Å². The van der Waals surface area contributed by atoms with E-state index < -0.39 is 0 Å². The van der Waals surface area contributed by atoms with Crippen molar-refractivity contribution >= 4 is 0 Å². The summed E-state index contributed by atoms with van der Waals surface area (Å²) in [6, 6.07) is 8.95. The smallest absolute Gasteiger partial charge is 0.251 e. The molecule has 0 saturated heterocycles. The Bertz CT molecular complexity index is 645. The lowest BCUT2D eigenvalue weighted by Crippen LogP contribution is -2.09. The van der Waals surface area contributed by atoms with Gasteiger partial charge in [-0.2, -0.15) is 0 Å². The van der Waals surface area contributed by atoms with Gasteiger partial charge in [-0.15, -0.1) is 0 Å². The first-order valence-electron chi connectivity index (χ1n) is 6.85. The van der Waals surface area contributed by atoms with Crippen molar-refractivity contribution in [1.82, 2.24) is 9.97 Å². The van der Waals surface area contributed by atoms with Crippen molar-refractivity contribution in [3.05, 3.63) is 52.1 Å². The predicted octanol–water partition coefficient (Wildman–Crippen LogP) is 3.81. The van der Waals surface area contributed by atoms with Gasteiger partial charge in [0, 0.05) is 29.6 Å². The van der Waals surface area contributed by atoms with Crippen molar-refractivity contribution in [2.24, 2.45) is 0 Å². The molecular formula is C16H20N2O2. The van der Waals surface area contributed by atoms with Crippen molar-refractivity contribution in [2.75, 3.05) is 0 Å². The van der Waals surface area contributed by atoms with Crippen LogP contribution in [0.25, 0.3) is 0 Å². The van der Waals surface area contributed by atoms with Gasteiger partial charge in [0.25, 0.3) is 5.56 Å². The highest BCUT2D eigenvalue weighted by molar-refractivity contribution is 5.29. The van der Waals surface area contributed by atoms with Crippen LogP contribution in [-0.2, 0) is 0 Å². The second-order valence-corrected chi connectivity index (χ2v) is 5.45. The van der Waals surface area contributed by atoms with Crippen molar-refractivity contribution in [2.45, 2.75) is 39.5 Å². The maximum Gasteiger partial charge on any atom is 0.251 e. The van der Waals surface area contributed by atoms with Crippen LogP contribution in [-0.4, -0.2) is 9.97 Å². The largest absolute Gasteiger partial charge is 0.439 e. The van der Waals surface area contributed by atoms with Crippen LogP contribution < -0.4 is 10.3 Å². The van der Waals surface area contributed by atoms with E-state index in [4.69, 9.17) is 4.74 Å². The lowest BCUT2D eigenvalue weighted by molar-refractivity contribution is 0.457. The number of aromatic amines is 1. The number of hydrogen-bond donors (Lipinski definition) is 1. The van der Waals surface area contributed by atoms with E-state index in [0.29, 0.717) is 17.5 Å². The molecule has 1 N–H and O–H groups in total. The lowest BCUT2D eigenvalue weighted by Gasteiger charge is -2.10. The maximum atomic E-state index is 11.6. The van der Waals surface area contributed by atoms with E-state index in [1.54, 1.807) is 6.07 Å². The Hall–Kier alpha value is -2.10. The van der Waals surface area contributed by atoms with Gasteiger partial charge in [0.05, 0.1) is 0 Å². The summed E-state index contributed by atoms with van der Waals surface area (Å²) in [5.41, 5.74) is 1.66. The van der Waals surface area contributed by atoms with Crippen molar-refractivity contribution in [3.8, 4) is 11.6 Å². The minimum absolute atomic E-state index is 0.161. The molecule has 20 heavy (non-hydrogen) atoms. The van der Waals surface area contributed by atoms with Gasteiger partial charge in [-0.25, -0.2) is 4.98 Å². The highest BCUT2D eigenvalue weighted by atomic mass is 16.5. The SMILES string of the molecule is CC(C)c1cccc(Oc2cc(C(C)C)[nH]c(=O)c2)n1. The molecule has 2 aromatic heterocycles. The fourth-order valence-electron chi connectivity index (χ4n) is 1.84. The molecule has 2 aromatic rings. The molecule has 106 valence electrons. The molecule has 2 heterocycles. The van der Waals surface area contributed by atoms with Crippen LogP contribution in [0.1, 0.15) is 50.9 Å². The second-order valence-electron chi connectivity index (χ2n) is 5.45. The fourth-order valence-corrected chi connectivity index (χ4v) is 1.84. The van der Waals surface area contributed by atoms with Crippen LogP contribution in [0.3, 0.4) is 0 Å². The third-order valence-electron chi connectivity index (χ3n) is 3.02. The summed E-state index contributed by atoms with van der Waals surface area (Å²) in [6.07, 6.45) is 0. The number of pyridine rings is 2. The van der Waals surface area contributed by atoms with E-state index in [2.05, 4.69) is 23.8 Å². The number of aromatic nitrogens is 2. The minimum atomic E-state index is -0.161. The van der Waals surface area contributed by atoms with Crippen LogP contribution in [0.2, 0.25) is 0 Å². The molecule has 0 aliphatic heterocycles. The molecule has 0 aliphatic carbocycles. The standard InChI is InChI=1S/C16H20N2O2/c1-10(2)13-6-5-7-16(18-13)20-12-8-14(11(3)4)17-15(19)9-12/h5-11H,1-4H3,(H,17,19). The van der Waals surface area contributed by atoms with Gasteiger partial charge in [-0.05, 0) is 17.9 Å². The summed E-state index contributed by atoms with van der Waals surface area (Å²) in [5.74, 6) is 1.60. The Labute approximate surface area is 118 Å². The first kappa shape index (κ1) is 14.3. The fraction of sp³-hybridized carbons (Fsp3) is 0.375. The van der Waals surface area contributed by atoms with Gasteiger partial charge in [0.1, 0.15) is 5.75 Å². The van der Waals surface area contributed by atoms with E-state index in [-0.39, 0.29) is 11.5 Å². The molecule has 4 nitrogen and oxygen atoms in total. The normalized spacial score (nSPS) is 11.1. The Morgan fingerprint density at radius 3 is 2.50 bits per heavy atom. The molecule has 0 bridgehead atoms. The first-order valence-corrected chi connectivity index (χ1v) is 6.85. The lowest BCUT2D eigenvalue weighted by atomic mass is 10.1. The van der Waals surface area contributed by atoms with E-state index in [9.17, 15) is 4.79 Å². The third-order valence-corrected chi connectivity index (χ3v) is 3.02. The Kier molecular flexibility index (Phi) is 4.23. The average Bonchev–Trinajstić information content (AvgIpc) is 2.38. The van der Waals surface area contributed by atoms with Crippen molar-refractivity contribution in [1.29, 1.82) is 0 Å². The molecule has 4 heteroatoms. The molecule has 0 saturated carbocycles. The van der Waals surface area contributed by atoms with Gasteiger partial charge in [-0.1, -0.05) is 33.8 Å². The Morgan fingerprint density at radius 2 is 1.85 bits per heavy atom. The highest BCUT2D eigenvalue weighted by Gasteiger charge is 2.07. The summed E-state index contributed by atoms with van der Waals surface area (Å²) < 4.78 is 5.71. The summed E-state index contributed by atoms with van der Waals surface area (Å²) >= 11 is 0. The highest BCUT2D eigenvalue weighted by Crippen LogP contribution is 2.22.